The van der Waals surface area contributed by atoms with E-state index >= 15 is 0 Å². The molecule has 112 valence electrons. The van der Waals surface area contributed by atoms with Crippen molar-refractivity contribution in [1.29, 1.82) is 0 Å². The first-order valence-electron chi connectivity index (χ1n) is 7.55. The van der Waals surface area contributed by atoms with Crippen LogP contribution < -0.4 is 4.74 Å². The maximum atomic E-state index is 14.1. The van der Waals surface area contributed by atoms with E-state index in [4.69, 9.17) is 9.47 Å². The van der Waals surface area contributed by atoms with Crippen LogP contribution in [-0.2, 0) is 11.2 Å². The molecule has 1 heterocycles. The smallest absolute Gasteiger partial charge is 0.165 e. The fraction of sp³-hybridized carbons (Fsp3) is 0.647. The second kappa shape index (κ2) is 6.57. The Morgan fingerprint density at radius 3 is 2.50 bits per heavy atom. The van der Waals surface area contributed by atoms with Crippen LogP contribution in [0.25, 0.3) is 0 Å². The third-order valence-electron chi connectivity index (χ3n) is 3.62. The Morgan fingerprint density at radius 1 is 1.25 bits per heavy atom. The summed E-state index contributed by atoms with van der Waals surface area (Å²) in [5.74, 6) is 0.661. The van der Waals surface area contributed by atoms with Crippen molar-refractivity contribution in [3.05, 3.63) is 29.6 Å². The van der Waals surface area contributed by atoms with E-state index in [1.54, 1.807) is 6.07 Å². The van der Waals surface area contributed by atoms with Crippen LogP contribution in [0.4, 0.5) is 4.39 Å². The maximum absolute atomic E-state index is 14.1. The molecule has 0 N–H and O–H groups in total. The highest BCUT2D eigenvalue weighted by Crippen LogP contribution is 2.30. The first-order chi connectivity index (χ1) is 9.45. The summed E-state index contributed by atoms with van der Waals surface area (Å²) in [6, 6.07) is 5.20. The first kappa shape index (κ1) is 15.3. The minimum Gasteiger partial charge on any atom is -0.487 e. The van der Waals surface area contributed by atoms with Crippen molar-refractivity contribution in [2.45, 2.75) is 65.3 Å². The van der Waals surface area contributed by atoms with Gasteiger partial charge in [0.25, 0.3) is 0 Å². The average molecular weight is 280 g/mol. The van der Waals surface area contributed by atoms with E-state index in [9.17, 15) is 4.39 Å². The number of halogens is 1. The van der Waals surface area contributed by atoms with Gasteiger partial charge in [0.15, 0.2) is 11.6 Å². The van der Waals surface area contributed by atoms with Gasteiger partial charge in [-0.2, -0.15) is 0 Å². The van der Waals surface area contributed by atoms with Gasteiger partial charge in [-0.15, -0.1) is 0 Å². The Labute approximate surface area is 121 Å². The molecule has 3 heteroatoms. The van der Waals surface area contributed by atoms with Crippen LogP contribution >= 0.6 is 0 Å². The van der Waals surface area contributed by atoms with Crippen LogP contribution in [0.1, 0.15) is 46.1 Å². The first-order valence-corrected chi connectivity index (χ1v) is 7.55. The van der Waals surface area contributed by atoms with Crippen LogP contribution in [0.15, 0.2) is 18.2 Å². The van der Waals surface area contributed by atoms with Crippen LogP contribution in [0, 0.1) is 11.7 Å². The Balaban J connectivity index is 2.15. The van der Waals surface area contributed by atoms with E-state index < -0.39 is 0 Å². The van der Waals surface area contributed by atoms with Crippen molar-refractivity contribution in [3.63, 3.8) is 0 Å². The molecule has 0 radical (unpaired) electrons. The van der Waals surface area contributed by atoms with Crippen molar-refractivity contribution in [3.8, 4) is 5.75 Å². The van der Waals surface area contributed by atoms with Crippen molar-refractivity contribution in [1.82, 2.24) is 0 Å². The molecule has 0 aliphatic carbocycles. The Kier molecular flexibility index (Phi) is 5.03. The molecule has 0 saturated carbocycles. The highest BCUT2D eigenvalue weighted by Gasteiger charge is 2.27. The molecule has 2 nitrogen and oxygen atoms in total. The fourth-order valence-electron chi connectivity index (χ4n) is 2.89. The highest BCUT2D eigenvalue weighted by atomic mass is 19.1. The molecule has 2 unspecified atom stereocenters. The lowest BCUT2D eigenvalue weighted by Crippen LogP contribution is -2.36. The summed E-state index contributed by atoms with van der Waals surface area (Å²) in [6.45, 7) is 8.35. The zero-order valence-electron chi connectivity index (χ0n) is 12.9. The van der Waals surface area contributed by atoms with Gasteiger partial charge in [-0.05, 0) is 37.8 Å². The summed E-state index contributed by atoms with van der Waals surface area (Å²) in [5.41, 5.74) is 0.965. The number of hydrogen-bond acceptors (Lipinski definition) is 2. The van der Waals surface area contributed by atoms with Crippen molar-refractivity contribution >= 4 is 0 Å². The van der Waals surface area contributed by atoms with Crippen LogP contribution in [0.2, 0.25) is 0 Å². The molecule has 0 spiro atoms. The fourth-order valence-corrected chi connectivity index (χ4v) is 2.89. The Bertz CT molecular complexity index is 435. The molecule has 3 atom stereocenters. The predicted molar refractivity (Wildman–Crippen MR) is 78.6 cm³/mol. The second-order valence-electron chi connectivity index (χ2n) is 6.29. The lowest BCUT2D eigenvalue weighted by molar-refractivity contribution is -0.0729. The summed E-state index contributed by atoms with van der Waals surface area (Å²) < 4.78 is 25.8. The number of hydrogen-bond donors (Lipinski definition) is 0. The van der Waals surface area contributed by atoms with Crippen LogP contribution in [0.3, 0.4) is 0 Å². The SMILES string of the molecule is CC(C)Cc1cccc(F)c1OC1CC(C)O[C@@H](C)C1. The van der Waals surface area contributed by atoms with Gasteiger partial charge in [0, 0.05) is 12.8 Å². The molecule has 20 heavy (non-hydrogen) atoms. The van der Waals surface area contributed by atoms with Gasteiger partial charge in [-0.3, -0.25) is 0 Å². The number of para-hydroxylation sites is 1. The van der Waals surface area contributed by atoms with Gasteiger partial charge in [0.2, 0.25) is 0 Å². The van der Waals surface area contributed by atoms with Gasteiger partial charge in [-0.25, -0.2) is 4.39 Å². The summed E-state index contributed by atoms with van der Waals surface area (Å²) in [6.07, 6.45) is 2.85. The molecule has 1 aromatic rings. The zero-order valence-corrected chi connectivity index (χ0v) is 12.9. The average Bonchev–Trinajstić information content (AvgIpc) is 2.31. The third kappa shape index (κ3) is 3.95. The van der Waals surface area contributed by atoms with Crippen molar-refractivity contribution < 1.29 is 13.9 Å². The molecule has 1 aliphatic rings. The number of ether oxygens (including phenoxy) is 2. The Morgan fingerprint density at radius 2 is 1.90 bits per heavy atom. The lowest BCUT2D eigenvalue weighted by Gasteiger charge is -2.32. The van der Waals surface area contributed by atoms with E-state index in [1.165, 1.54) is 6.07 Å². The molecule has 0 aromatic heterocycles. The summed E-state index contributed by atoms with van der Waals surface area (Å²) >= 11 is 0. The van der Waals surface area contributed by atoms with E-state index in [0.29, 0.717) is 11.7 Å². The molecule has 0 amide bonds. The topological polar surface area (TPSA) is 18.5 Å². The molecule has 0 bridgehead atoms. The van der Waals surface area contributed by atoms with E-state index in [-0.39, 0.29) is 24.1 Å². The Hall–Kier alpha value is -1.09. The van der Waals surface area contributed by atoms with Gasteiger partial charge >= 0.3 is 0 Å². The standard InChI is InChI=1S/C17H25FO2/c1-11(2)8-14-6-5-7-16(18)17(14)20-15-9-12(3)19-13(4)10-15/h5-7,11-13,15H,8-10H2,1-4H3/t12-,13?,15?/m0/s1. The number of rotatable bonds is 4. The molecular formula is C17H25FO2. The molecule has 1 aromatic carbocycles. The second-order valence-corrected chi connectivity index (χ2v) is 6.29. The summed E-state index contributed by atoms with van der Waals surface area (Å²) in [5, 5.41) is 0. The molecule has 1 saturated heterocycles. The molecule has 2 rings (SSSR count). The van der Waals surface area contributed by atoms with Crippen LogP contribution in [-0.4, -0.2) is 18.3 Å². The third-order valence-corrected chi connectivity index (χ3v) is 3.62. The molecule has 1 fully saturated rings. The predicted octanol–water partition coefficient (Wildman–Crippen LogP) is 4.36. The largest absolute Gasteiger partial charge is 0.487 e. The molecular weight excluding hydrogens is 255 g/mol. The quantitative estimate of drug-likeness (QED) is 0.816. The highest BCUT2D eigenvalue weighted by molar-refractivity contribution is 5.35. The van der Waals surface area contributed by atoms with E-state index in [1.807, 2.05) is 19.9 Å². The minimum atomic E-state index is -0.255. The van der Waals surface area contributed by atoms with Gasteiger partial charge < -0.3 is 9.47 Å². The van der Waals surface area contributed by atoms with Gasteiger partial charge in [0.1, 0.15) is 6.10 Å². The van der Waals surface area contributed by atoms with Crippen molar-refractivity contribution in [2.75, 3.05) is 0 Å². The molecule has 1 aliphatic heterocycles. The maximum Gasteiger partial charge on any atom is 0.165 e. The normalized spacial score (nSPS) is 26.8. The zero-order chi connectivity index (χ0) is 14.7. The van der Waals surface area contributed by atoms with E-state index in [0.717, 1.165) is 24.8 Å². The van der Waals surface area contributed by atoms with Gasteiger partial charge in [0.05, 0.1) is 12.2 Å². The van der Waals surface area contributed by atoms with Crippen molar-refractivity contribution in [2.24, 2.45) is 5.92 Å². The lowest BCUT2D eigenvalue weighted by atomic mass is 10.00. The summed E-state index contributed by atoms with van der Waals surface area (Å²) in [7, 11) is 0. The number of benzene rings is 1. The summed E-state index contributed by atoms with van der Waals surface area (Å²) in [4.78, 5) is 0. The van der Waals surface area contributed by atoms with Gasteiger partial charge in [-0.1, -0.05) is 26.0 Å². The minimum absolute atomic E-state index is 0.0385. The van der Waals surface area contributed by atoms with Crippen LogP contribution in [0.5, 0.6) is 5.75 Å². The van der Waals surface area contributed by atoms with E-state index in [2.05, 4.69) is 13.8 Å². The monoisotopic (exact) mass is 280 g/mol.